The number of nitrogens with zero attached hydrogens (tertiary/aromatic N) is 1. The first-order chi connectivity index (χ1) is 8.56. The normalized spacial score (nSPS) is 12.3. The molecule has 1 atom stereocenters. The van der Waals surface area contributed by atoms with E-state index in [1.807, 2.05) is 12.1 Å². The molecule has 0 bridgehead atoms. The van der Waals surface area contributed by atoms with Crippen LogP contribution in [0, 0.1) is 10.1 Å². The Labute approximate surface area is 122 Å². The quantitative estimate of drug-likeness (QED) is 0.447. The second-order valence-corrected chi connectivity index (χ2v) is 6.76. The summed E-state index contributed by atoms with van der Waals surface area (Å²) in [6.07, 6.45) is 0.659. The zero-order valence-corrected chi connectivity index (χ0v) is 12.3. The van der Waals surface area contributed by atoms with E-state index in [-0.39, 0.29) is 11.1 Å². The van der Waals surface area contributed by atoms with Crippen LogP contribution in [-0.4, -0.2) is 4.92 Å². The Kier molecular flexibility index (Phi) is 4.37. The predicted octanol–water partition coefficient (Wildman–Crippen LogP) is 4.94. The molecule has 6 heteroatoms. The first-order valence-corrected chi connectivity index (χ1v) is 7.23. The minimum atomic E-state index is -0.404. The first-order valence-electron chi connectivity index (χ1n) is 5.19. The molecule has 0 saturated carbocycles. The Morgan fingerprint density at radius 2 is 1.94 bits per heavy atom. The molecular weight excluding hydrogens is 338 g/mol. The highest BCUT2D eigenvalue weighted by molar-refractivity contribution is 9.11. The molecule has 0 aliphatic heterocycles. The highest BCUT2D eigenvalue weighted by Gasteiger charge is 2.12. The molecule has 0 fully saturated rings. The summed E-state index contributed by atoms with van der Waals surface area (Å²) in [5.74, 6) is 0. The fourth-order valence-corrected chi connectivity index (χ4v) is 3.34. The van der Waals surface area contributed by atoms with Gasteiger partial charge in [0.25, 0.3) is 5.69 Å². The average molecular weight is 347 g/mol. The lowest BCUT2D eigenvalue weighted by atomic mass is 10.1. The summed E-state index contributed by atoms with van der Waals surface area (Å²) < 4.78 is 1.05. The van der Waals surface area contributed by atoms with Crippen molar-refractivity contribution in [3.8, 4) is 0 Å². The number of thiophene rings is 1. The Morgan fingerprint density at radius 3 is 2.44 bits per heavy atom. The average Bonchev–Trinajstić information content (AvgIpc) is 2.76. The van der Waals surface area contributed by atoms with Crippen molar-refractivity contribution in [2.45, 2.75) is 11.8 Å². The van der Waals surface area contributed by atoms with E-state index >= 15 is 0 Å². The molecule has 0 saturated heterocycles. The summed E-state index contributed by atoms with van der Waals surface area (Å²) in [7, 11) is 0. The molecule has 1 heterocycles. The molecule has 3 nitrogen and oxygen atoms in total. The molecule has 0 amide bonds. The molecular formula is C12H9BrClNO2S. The maximum atomic E-state index is 10.5. The van der Waals surface area contributed by atoms with Gasteiger partial charge in [-0.2, -0.15) is 0 Å². The molecule has 0 N–H and O–H groups in total. The molecule has 0 spiro atoms. The highest BCUT2D eigenvalue weighted by Crippen LogP contribution is 2.33. The molecule has 2 rings (SSSR count). The van der Waals surface area contributed by atoms with Crippen molar-refractivity contribution in [1.82, 2.24) is 0 Å². The van der Waals surface area contributed by atoms with Gasteiger partial charge >= 0.3 is 0 Å². The Bertz CT molecular complexity index is 555. The number of benzene rings is 1. The number of nitro benzene ring substituents is 1. The molecule has 2 aromatic rings. The van der Waals surface area contributed by atoms with Crippen molar-refractivity contribution < 1.29 is 4.92 Å². The van der Waals surface area contributed by atoms with E-state index < -0.39 is 4.92 Å². The second kappa shape index (κ2) is 5.82. The molecule has 0 aliphatic rings. The van der Waals surface area contributed by atoms with Gasteiger partial charge in [0.2, 0.25) is 0 Å². The van der Waals surface area contributed by atoms with Gasteiger partial charge in [0.15, 0.2) is 0 Å². The van der Waals surface area contributed by atoms with E-state index in [4.69, 9.17) is 11.6 Å². The van der Waals surface area contributed by atoms with Crippen molar-refractivity contribution in [3.05, 3.63) is 60.7 Å². The number of rotatable bonds is 4. The lowest BCUT2D eigenvalue weighted by Crippen LogP contribution is -1.94. The van der Waals surface area contributed by atoms with Gasteiger partial charge in [0.05, 0.1) is 14.1 Å². The van der Waals surface area contributed by atoms with Crippen LogP contribution in [0.25, 0.3) is 0 Å². The second-order valence-electron chi connectivity index (χ2n) is 3.74. The highest BCUT2D eigenvalue weighted by atomic mass is 79.9. The van der Waals surface area contributed by atoms with Crippen LogP contribution in [0.2, 0.25) is 0 Å². The van der Waals surface area contributed by atoms with E-state index in [0.29, 0.717) is 6.42 Å². The van der Waals surface area contributed by atoms with Crippen LogP contribution in [0.5, 0.6) is 0 Å². The van der Waals surface area contributed by atoms with Gasteiger partial charge in [0, 0.05) is 17.0 Å². The zero-order chi connectivity index (χ0) is 13.1. The van der Waals surface area contributed by atoms with Gasteiger partial charge in [-0.1, -0.05) is 12.1 Å². The van der Waals surface area contributed by atoms with Crippen molar-refractivity contribution in [2.24, 2.45) is 0 Å². The summed E-state index contributed by atoms with van der Waals surface area (Å²) in [5.41, 5.74) is 1.09. The molecule has 1 aromatic heterocycles. The van der Waals surface area contributed by atoms with Gasteiger partial charge in [-0.15, -0.1) is 22.9 Å². The number of hydrogen-bond donors (Lipinski definition) is 0. The van der Waals surface area contributed by atoms with Gasteiger partial charge < -0.3 is 0 Å². The van der Waals surface area contributed by atoms with Gasteiger partial charge in [-0.25, -0.2) is 0 Å². The topological polar surface area (TPSA) is 43.1 Å². The summed E-state index contributed by atoms with van der Waals surface area (Å²) in [4.78, 5) is 11.2. The lowest BCUT2D eigenvalue weighted by molar-refractivity contribution is -0.384. The monoisotopic (exact) mass is 345 g/mol. The fraction of sp³-hybridized carbons (Fsp3) is 0.167. The summed E-state index contributed by atoms with van der Waals surface area (Å²) in [6, 6.07) is 10.4. The molecule has 1 aromatic carbocycles. The Morgan fingerprint density at radius 1 is 1.28 bits per heavy atom. The number of hydrogen-bond acceptors (Lipinski definition) is 3. The summed E-state index contributed by atoms with van der Waals surface area (Å²) >= 11 is 11.3. The fourth-order valence-electron chi connectivity index (χ4n) is 1.56. The van der Waals surface area contributed by atoms with Gasteiger partial charge in [-0.05, 0) is 40.0 Å². The summed E-state index contributed by atoms with van der Waals surface area (Å²) in [6.45, 7) is 0. The molecule has 94 valence electrons. The summed E-state index contributed by atoms with van der Waals surface area (Å²) in [5, 5.41) is 10.4. The molecule has 0 radical (unpaired) electrons. The first kappa shape index (κ1) is 13.5. The van der Waals surface area contributed by atoms with Crippen LogP contribution >= 0.6 is 38.9 Å². The van der Waals surface area contributed by atoms with Crippen LogP contribution in [-0.2, 0) is 6.42 Å². The van der Waals surface area contributed by atoms with Gasteiger partial charge in [-0.3, -0.25) is 10.1 Å². The smallest absolute Gasteiger partial charge is 0.258 e. The number of non-ortho nitro benzene ring substituents is 1. The van der Waals surface area contributed by atoms with Gasteiger partial charge in [0.1, 0.15) is 0 Å². The number of nitro groups is 1. The van der Waals surface area contributed by atoms with Crippen LogP contribution in [0.3, 0.4) is 0 Å². The maximum Gasteiger partial charge on any atom is 0.269 e. The van der Waals surface area contributed by atoms with Crippen LogP contribution in [0.15, 0.2) is 40.2 Å². The zero-order valence-electron chi connectivity index (χ0n) is 9.18. The number of alkyl halides is 1. The molecule has 1 unspecified atom stereocenters. The lowest BCUT2D eigenvalue weighted by Gasteiger charge is -2.06. The van der Waals surface area contributed by atoms with Crippen molar-refractivity contribution in [3.63, 3.8) is 0 Å². The molecule has 18 heavy (non-hydrogen) atoms. The standard InChI is InChI=1S/C12H9BrClNO2S/c13-12-6-5-11(18-12)10(14)7-8-1-3-9(4-2-8)15(16)17/h1-6,10H,7H2. The largest absolute Gasteiger partial charge is 0.269 e. The van der Waals surface area contributed by atoms with Crippen LogP contribution < -0.4 is 0 Å². The maximum absolute atomic E-state index is 10.5. The van der Waals surface area contributed by atoms with Crippen LogP contribution in [0.4, 0.5) is 5.69 Å². The van der Waals surface area contributed by atoms with E-state index in [9.17, 15) is 10.1 Å². The van der Waals surface area contributed by atoms with E-state index in [1.165, 1.54) is 12.1 Å². The van der Waals surface area contributed by atoms with Crippen molar-refractivity contribution in [2.75, 3.05) is 0 Å². The van der Waals surface area contributed by atoms with E-state index in [0.717, 1.165) is 14.2 Å². The van der Waals surface area contributed by atoms with Crippen LogP contribution in [0.1, 0.15) is 15.8 Å². The number of halogens is 2. The third-order valence-electron chi connectivity index (χ3n) is 2.46. The third kappa shape index (κ3) is 3.31. The minimum Gasteiger partial charge on any atom is -0.258 e. The minimum absolute atomic E-state index is 0.101. The van der Waals surface area contributed by atoms with Crippen molar-refractivity contribution >= 4 is 44.6 Å². The molecule has 0 aliphatic carbocycles. The van der Waals surface area contributed by atoms with Crippen molar-refractivity contribution in [1.29, 1.82) is 0 Å². The van der Waals surface area contributed by atoms with E-state index in [2.05, 4.69) is 15.9 Å². The third-order valence-corrected chi connectivity index (χ3v) is 4.72. The SMILES string of the molecule is O=[N+]([O-])c1ccc(CC(Cl)c2ccc(Br)s2)cc1. The predicted molar refractivity (Wildman–Crippen MR) is 77.4 cm³/mol. The van der Waals surface area contributed by atoms with E-state index in [1.54, 1.807) is 23.5 Å². The Balaban J connectivity index is 2.07. The Hall–Kier alpha value is -0.910.